The molecule has 0 saturated heterocycles. The van der Waals surface area contributed by atoms with Crippen molar-refractivity contribution >= 4 is 0 Å². The lowest BCUT2D eigenvalue weighted by atomic mass is 9.68. The normalized spacial score (nSPS) is 22.4. The molecule has 1 atom stereocenters. The van der Waals surface area contributed by atoms with Crippen LogP contribution in [0.3, 0.4) is 0 Å². The first-order chi connectivity index (χ1) is 8.99. The molecular weight excluding hydrogens is 234 g/mol. The highest BCUT2D eigenvalue weighted by Crippen LogP contribution is 2.44. The summed E-state index contributed by atoms with van der Waals surface area (Å²) >= 11 is 0. The zero-order chi connectivity index (χ0) is 14.4. The Hall–Kier alpha value is -0.520. The molecule has 1 unspecified atom stereocenters. The minimum Gasteiger partial charge on any atom is -0.374 e. The van der Waals surface area contributed by atoms with Gasteiger partial charge in [-0.05, 0) is 51.5 Å². The monoisotopic (exact) mass is 265 g/mol. The van der Waals surface area contributed by atoms with Gasteiger partial charge >= 0.3 is 0 Å². The van der Waals surface area contributed by atoms with Crippen LogP contribution in [0.25, 0.3) is 0 Å². The summed E-state index contributed by atoms with van der Waals surface area (Å²) in [5, 5.41) is 3.61. The molecule has 1 saturated carbocycles. The molecule has 110 valence electrons. The van der Waals surface area contributed by atoms with E-state index in [0.717, 1.165) is 32.4 Å². The Bertz CT molecular complexity index is 314. The van der Waals surface area contributed by atoms with Crippen LogP contribution in [0.15, 0.2) is 0 Å². The van der Waals surface area contributed by atoms with E-state index >= 15 is 0 Å². The number of rotatable bonds is 6. The lowest BCUT2D eigenvalue weighted by Gasteiger charge is -2.47. The van der Waals surface area contributed by atoms with E-state index in [9.17, 15) is 0 Å². The topological polar surface area (TPSA) is 21.3 Å². The first kappa shape index (κ1) is 16.5. The van der Waals surface area contributed by atoms with Gasteiger partial charge in [0.15, 0.2) is 0 Å². The van der Waals surface area contributed by atoms with Crippen molar-refractivity contribution in [1.29, 1.82) is 0 Å². The molecular formula is C17H31NO. The zero-order valence-electron chi connectivity index (χ0n) is 13.4. The molecule has 1 rings (SSSR count). The van der Waals surface area contributed by atoms with Gasteiger partial charge in [-0.2, -0.15) is 0 Å². The number of ether oxygens (including phenoxy) is 1. The van der Waals surface area contributed by atoms with E-state index in [1.54, 1.807) is 0 Å². The van der Waals surface area contributed by atoms with Gasteiger partial charge in [0.1, 0.15) is 0 Å². The predicted molar refractivity (Wildman–Crippen MR) is 82.1 cm³/mol. The number of likely N-dealkylation sites (N-methyl/N-ethyl adjacent to an activating group) is 1. The molecule has 1 N–H and O–H groups in total. The fraction of sp³-hybridized carbons (Fsp3) is 0.882. The summed E-state index contributed by atoms with van der Waals surface area (Å²) in [4.78, 5) is 0. The van der Waals surface area contributed by atoms with Crippen molar-refractivity contribution in [3.05, 3.63) is 0 Å². The fourth-order valence-electron chi connectivity index (χ4n) is 3.13. The molecule has 0 spiro atoms. The summed E-state index contributed by atoms with van der Waals surface area (Å²) in [6.45, 7) is 12.7. The van der Waals surface area contributed by atoms with Gasteiger partial charge in [-0.3, -0.25) is 0 Å². The molecule has 1 fully saturated rings. The highest BCUT2D eigenvalue weighted by Gasteiger charge is 2.44. The van der Waals surface area contributed by atoms with Gasteiger partial charge < -0.3 is 10.1 Å². The Balaban J connectivity index is 2.84. The van der Waals surface area contributed by atoms with Crippen LogP contribution in [0.1, 0.15) is 66.7 Å². The lowest BCUT2D eigenvalue weighted by molar-refractivity contribution is -0.105. The number of hydrogen-bond acceptors (Lipinski definition) is 2. The van der Waals surface area contributed by atoms with Gasteiger partial charge in [-0.15, -0.1) is 11.8 Å². The van der Waals surface area contributed by atoms with Crippen molar-refractivity contribution in [3.8, 4) is 11.8 Å². The van der Waals surface area contributed by atoms with Crippen LogP contribution in [-0.2, 0) is 4.74 Å². The van der Waals surface area contributed by atoms with Gasteiger partial charge in [0, 0.05) is 19.1 Å². The van der Waals surface area contributed by atoms with E-state index in [4.69, 9.17) is 4.74 Å². The summed E-state index contributed by atoms with van der Waals surface area (Å²) in [5.74, 6) is 6.27. The van der Waals surface area contributed by atoms with E-state index in [-0.39, 0.29) is 5.60 Å². The van der Waals surface area contributed by atoms with Crippen molar-refractivity contribution in [2.45, 2.75) is 78.4 Å². The minimum atomic E-state index is -0.00979. The van der Waals surface area contributed by atoms with Gasteiger partial charge in [0.05, 0.1) is 5.60 Å². The SMILES string of the molecule is CC#CCC(NCC)C1(OCC)CCC(C)(C)CC1. The maximum absolute atomic E-state index is 6.25. The molecule has 19 heavy (non-hydrogen) atoms. The minimum absolute atomic E-state index is 0.00979. The van der Waals surface area contributed by atoms with Crippen molar-refractivity contribution in [2.75, 3.05) is 13.2 Å². The van der Waals surface area contributed by atoms with Crippen molar-refractivity contribution in [3.63, 3.8) is 0 Å². The van der Waals surface area contributed by atoms with Crippen LogP contribution in [-0.4, -0.2) is 24.8 Å². The third-order valence-corrected chi connectivity index (χ3v) is 4.45. The highest BCUT2D eigenvalue weighted by molar-refractivity contribution is 5.06. The molecule has 2 heteroatoms. The largest absolute Gasteiger partial charge is 0.374 e. The van der Waals surface area contributed by atoms with Gasteiger partial charge in [-0.1, -0.05) is 20.8 Å². The molecule has 2 nitrogen and oxygen atoms in total. The average Bonchev–Trinajstić information content (AvgIpc) is 2.38. The Morgan fingerprint density at radius 1 is 1.16 bits per heavy atom. The molecule has 0 radical (unpaired) electrons. The molecule has 0 heterocycles. The lowest BCUT2D eigenvalue weighted by Crippen LogP contribution is -2.55. The standard InChI is InChI=1S/C17H31NO/c1-6-9-10-15(18-7-2)17(19-8-3)13-11-16(4,5)12-14-17/h15,18H,7-8,10-14H2,1-5H3. The summed E-state index contributed by atoms with van der Waals surface area (Å²) in [7, 11) is 0. The first-order valence-electron chi connectivity index (χ1n) is 7.76. The van der Waals surface area contributed by atoms with E-state index < -0.39 is 0 Å². The summed E-state index contributed by atoms with van der Waals surface area (Å²) in [5.41, 5.74) is 0.456. The first-order valence-corrected chi connectivity index (χ1v) is 7.76. The molecule has 1 aliphatic carbocycles. The number of nitrogens with one attached hydrogen (secondary N) is 1. The summed E-state index contributed by atoms with van der Waals surface area (Å²) in [6.07, 6.45) is 5.68. The Morgan fingerprint density at radius 2 is 1.79 bits per heavy atom. The van der Waals surface area contributed by atoms with E-state index in [2.05, 4.69) is 44.9 Å². The van der Waals surface area contributed by atoms with E-state index in [1.165, 1.54) is 12.8 Å². The predicted octanol–water partition coefficient (Wildman–Crippen LogP) is 3.75. The fourth-order valence-corrected chi connectivity index (χ4v) is 3.13. The summed E-state index contributed by atoms with van der Waals surface area (Å²) < 4.78 is 6.25. The van der Waals surface area contributed by atoms with Crippen LogP contribution in [0.2, 0.25) is 0 Å². The zero-order valence-corrected chi connectivity index (χ0v) is 13.4. The molecule has 0 aliphatic heterocycles. The molecule has 0 bridgehead atoms. The van der Waals surface area contributed by atoms with Crippen LogP contribution in [0.4, 0.5) is 0 Å². The summed E-state index contributed by atoms with van der Waals surface area (Å²) in [6, 6.07) is 0.362. The molecule has 1 aliphatic rings. The molecule has 0 amide bonds. The average molecular weight is 265 g/mol. The second-order valence-electron chi connectivity index (χ2n) is 6.40. The third-order valence-electron chi connectivity index (χ3n) is 4.45. The number of hydrogen-bond donors (Lipinski definition) is 1. The van der Waals surface area contributed by atoms with Crippen molar-refractivity contribution in [2.24, 2.45) is 5.41 Å². The van der Waals surface area contributed by atoms with E-state index in [1.807, 2.05) is 6.92 Å². The van der Waals surface area contributed by atoms with Gasteiger partial charge in [0.2, 0.25) is 0 Å². The van der Waals surface area contributed by atoms with Crippen molar-refractivity contribution < 1.29 is 4.74 Å². The van der Waals surface area contributed by atoms with Crippen LogP contribution in [0.5, 0.6) is 0 Å². The highest BCUT2D eigenvalue weighted by atomic mass is 16.5. The Labute approximate surface area is 119 Å². The second-order valence-corrected chi connectivity index (χ2v) is 6.40. The Morgan fingerprint density at radius 3 is 2.26 bits per heavy atom. The quantitative estimate of drug-likeness (QED) is 0.738. The van der Waals surface area contributed by atoms with E-state index in [0.29, 0.717) is 11.5 Å². The maximum Gasteiger partial charge on any atom is 0.0844 e. The van der Waals surface area contributed by atoms with Crippen molar-refractivity contribution in [1.82, 2.24) is 5.32 Å². The maximum atomic E-state index is 6.25. The smallest absolute Gasteiger partial charge is 0.0844 e. The van der Waals surface area contributed by atoms with Gasteiger partial charge in [-0.25, -0.2) is 0 Å². The molecule has 0 aromatic carbocycles. The second kappa shape index (κ2) is 7.31. The van der Waals surface area contributed by atoms with Crippen LogP contribution >= 0.6 is 0 Å². The Kier molecular flexibility index (Phi) is 6.36. The van der Waals surface area contributed by atoms with Gasteiger partial charge in [0.25, 0.3) is 0 Å². The van der Waals surface area contributed by atoms with Crippen LogP contribution < -0.4 is 5.32 Å². The molecule has 0 aromatic heterocycles. The van der Waals surface area contributed by atoms with Crippen LogP contribution in [0, 0.1) is 17.3 Å². The molecule has 0 aromatic rings. The third kappa shape index (κ3) is 4.51.